The molecule has 6 nitrogen and oxygen atoms in total. The van der Waals surface area contributed by atoms with Crippen LogP contribution < -0.4 is 0 Å². The zero-order valence-corrected chi connectivity index (χ0v) is 15.2. The number of imide groups is 1. The van der Waals surface area contributed by atoms with Gasteiger partial charge in [-0.25, -0.2) is 4.79 Å². The molecule has 1 atom stereocenters. The van der Waals surface area contributed by atoms with Crippen molar-refractivity contribution in [2.45, 2.75) is 13.0 Å². The zero-order chi connectivity index (χ0) is 19.0. The molecule has 27 heavy (non-hydrogen) atoms. The van der Waals surface area contributed by atoms with Crippen LogP contribution in [0.15, 0.2) is 48.5 Å². The Labute approximate surface area is 161 Å². The smallest absolute Gasteiger partial charge is 0.329 e. The monoisotopic (exact) mass is 384 g/mol. The van der Waals surface area contributed by atoms with Gasteiger partial charge in [-0.15, -0.1) is 0 Å². The summed E-state index contributed by atoms with van der Waals surface area (Å²) in [6.45, 7) is 1.96. The average Bonchev–Trinajstić information content (AvgIpc) is 3.23. The van der Waals surface area contributed by atoms with Crippen molar-refractivity contribution in [3.05, 3.63) is 70.2 Å². The number of amides is 2. The van der Waals surface area contributed by atoms with Crippen LogP contribution in [-0.4, -0.2) is 40.8 Å². The summed E-state index contributed by atoms with van der Waals surface area (Å²) >= 11 is 5.90. The Morgan fingerprint density at radius 1 is 1.04 bits per heavy atom. The lowest BCUT2D eigenvalue weighted by molar-refractivity contribution is -0.173. The van der Waals surface area contributed by atoms with E-state index in [0.29, 0.717) is 29.6 Å². The van der Waals surface area contributed by atoms with Crippen LogP contribution in [0.4, 0.5) is 0 Å². The fourth-order valence-electron chi connectivity index (χ4n) is 3.43. The molecule has 0 spiro atoms. The van der Waals surface area contributed by atoms with Gasteiger partial charge in [0.1, 0.15) is 0 Å². The van der Waals surface area contributed by atoms with Crippen LogP contribution >= 0.6 is 11.6 Å². The summed E-state index contributed by atoms with van der Waals surface area (Å²) in [7, 11) is 0. The van der Waals surface area contributed by atoms with E-state index in [1.54, 1.807) is 24.3 Å². The third kappa shape index (κ3) is 3.46. The predicted molar refractivity (Wildman–Crippen MR) is 97.9 cm³/mol. The molecule has 0 saturated carbocycles. The summed E-state index contributed by atoms with van der Waals surface area (Å²) in [4.78, 5) is 44.4. The molecule has 1 fully saturated rings. The summed E-state index contributed by atoms with van der Waals surface area (Å²) in [5, 5.41) is 1.26. The van der Waals surface area contributed by atoms with E-state index in [0.717, 1.165) is 12.1 Å². The minimum atomic E-state index is -0.597. The lowest BCUT2D eigenvalue weighted by Gasteiger charge is -2.17. The fourth-order valence-corrected chi connectivity index (χ4v) is 3.56. The molecular weight excluding hydrogens is 368 g/mol. The molecule has 2 aliphatic rings. The van der Waals surface area contributed by atoms with Crippen molar-refractivity contribution in [2.24, 2.45) is 5.92 Å². The van der Waals surface area contributed by atoms with E-state index in [9.17, 15) is 14.4 Å². The van der Waals surface area contributed by atoms with Gasteiger partial charge in [-0.2, -0.15) is 0 Å². The lowest BCUT2D eigenvalue weighted by Crippen LogP contribution is -2.35. The number of hydrogen-bond donors (Lipinski definition) is 0. The normalized spacial score (nSPS) is 19.4. The van der Waals surface area contributed by atoms with Crippen LogP contribution in [0.3, 0.4) is 0 Å². The van der Waals surface area contributed by atoms with Gasteiger partial charge in [0.2, 0.25) is 0 Å². The van der Waals surface area contributed by atoms with Gasteiger partial charge >= 0.3 is 5.97 Å². The van der Waals surface area contributed by atoms with Gasteiger partial charge in [-0.1, -0.05) is 40.9 Å². The van der Waals surface area contributed by atoms with Gasteiger partial charge in [0.25, 0.3) is 11.8 Å². The van der Waals surface area contributed by atoms with Crippen LogP contribution in [0.2, 0.25) is 5.02 Å². The highest BCUT2D eigenvalue weighted by molar-refractivity contribution is 6.30. The molecule has 7 heteroatoms. The second-order valence-electron chi connectivity index (χ2n) is 6.71. The highest BCUT2D eigenvalue weighted by atomic mass is 35.5. The van der Waals surface area contributed by atoms with Gasteiger partial charge in [0.05, 0.1) is 17.0 Å². The molecule has 1 saturated heterocycles. The van der Waals surface area contributed by atoms with Crippen molar-refractivity contribution < 1.29 is 19.2 Å². The molecule has 0 N–H and O–H groups in total. The molecule has 4 rings (SSSR count). The van der Waals surface area contributed by atoms with E-state index in [1.807, 2.05) is 24.3 Å². The molecule has 0 aliphatic carbocycles. The van der Waals surface area contributed by atoms with Gasteiger partial charge in [-0.3, -0.25) is 14.5 Å². The molecule has 1 unspecified atom stereocenters. The second kappa shape index (κ2) is 7.13. The number of benzene rings is 2. The molecule has 0 radical (unpaired) electrons. The number of carbonyl (C=O) groups excluding carboxylic acids is 3. The topological polar surface area (TPSA) is 66.9 Å². The summed E-state index contributed by atoms with van der Waals surface area (Å²) in [6, 6.07) is 14.0. The molecule has 2 aromatic rings. The fraction of sp³-hybridized carbons (Fsp3) is 0.250. The SMILES string of the molecule is O=C(ON1C(=O)c2ccccc2C1=O)C1CCN(Cc2ccc(Cl)cc2)C1. The molecule has 2 heterocycles. The van der Waals surface area contributed by atoms with E-state index in [-0.39, 0.29) is 17.0 Å². The van der Waals surface area contributed by atoms with Crippen molar-refractivity contribution in [3.63, 3.8) is 0 Å². The lowest BCUT2D eigenvalue weighted by atomic mass is 10.1. The van der Waals surface area contributed by atoms with Gasteiger partial charge in [0, 0.05) is 18.1 Å². The summed E-state index contributed by atoms with van der Waals surface area (Å²) < 4.78 is 0. The number of likely N-dealkylation sites (tertiary alicyclic amines) is 1. The molecule has 138 valence electrons. The zero-order valence-electron chi connectivity index (χ0n) is 14.4. The Hall–Kier alpha value is -2.70. The first-order chi connectivity index (χ1) is 13.0. The number of halogens is 1. The Kier molecular flexibility index (Phi) is 4.68. The van der Waals surface area contributed by atoms with Crippen LogP contribution in [0.25, 0.3) is 0 Å². The minimum absolute atomic E-state index is 0.256. The number of rotatable bonds is 4. The highest BCUT2D eigenvalue weighted by Gasteiger charge is 2.40. The van der Waals surface area contributed by atoms with Crippen LogP contribution in [0, 0.1) is 5.92 Å². The highest BCUT2D eigenvalue weighted by Crippen LogP contribution is 2.25. The Bertz CT molecular complexity index is 877. The maximum Gasteiger partial charge on any atom is 0.337 e. The number of nitrogens with zero attached hydrogens (tertiary/aromatic N) is 2. The first-order valence-electron chi connectivity index (χ1n) is 8.69. The Morgan fingerprint density at radius 3 is 2.30 bits per heavy atom. The Balaban J connectivity index is 1.36. The molecule has 2 aliphatic heterocycles. The first kappa shape index (κ1) is 17.7. The number of fused-ring (bicyclic) bond motifs is 1. The molecule has 2 aromatic carbocycles. The molecular formula is C20H17ClN2O4. The van der Waals surface area contributed by atoms with Crippen molar-refractivity contribution in [3.8, 4) is 0 Å². The molecule has 0 bridgehead atoms. The maximum absolute atomic E-state index is 12.5. The van der Waals surface area contributed by atoms with Crippen molar-refractivity contribution in [1.29, 1.82) is 0 Å². The third-order valence-electron chi connectivity index (χ3n) is 4.86. The quantitative estimate of drug-likeness (QED) is 0.758. The van der Waals surface area contributed by atoms with Crippen LogP contribution in [-0.2, 0) is 16.2 Å². The van der Waals surface area contributed by atoms with E-state index in [2.05, 4.69) is 4.90 Å². The van der Waals surface area contributed by atoms with E-state index in [1.165, 1.54) is 0 Å². The van der Waals surface area contributed by atoms with E-state index >= 15 is 0 Å². The molecule has 2 amide bonds. The summed E-state index contributed by atoms with van der Waals surface area (Å²) in [5.74, 6) is -2.12. The van der Waals surface area contributed by atoms with Crippen molar-refractivity contribution >= 4 is 29.4 Å². The van der Waals surface area contributed by atoms with Gasteiger partial charge < -0.3 is 4.84 Å². The van der Waals surface area contributed by atoms with E-state index < -0.39 is 17.8 Å². The summed E-state index contributed by atoms with van der Waals surface area (Å²) in [6.07, 6.45) is 0.621. The molecule has 0 aromatic heterocycles. The Morgan fingerprint density at radius 2 is 1.67 bits per heavy atom. The van der Waals surface area contributed by atoms with Gasteiger partial charge in [0.15, 0.2) is 0 Å². The second-order valence-corrected chi connectivity index (χ2v) is 7.14. The standard InChI is InChI=1S/C20H17ClN2O4/c21-15-7-5-13(6-8-15)11-22-10-9-14(12-22)20(26)27-23-18(24)16-3-1-2-4-17(16)19(23)25/h1-8,14H,9-12H2. The van der Waals surface area contributed by atoms with Crippen LogP contribution in [0.5, 0.6) is 0 Å². The van der Waals surface area contributed by atoms with Crippen molar-refractivity contribution in [2.75, 3.05) is 13.1 Å². The van der Waals surface area contributed by atoms with Crippen molar-refractivity contribution in [1.82, 2.24) is 9.96 Å². The number of hydrogen-bond acceptors (Lipinski definition) is 5. The number of hydroxylamine groups is 2. The van der Waals surface area contributed by atoms with Gasteiger partial charge in [-0.05, 0) is 42.8 Å². The maximum atomic E-state index is 12.5. The first-order valence-corrected chi connectivity index (χ1v) is 9.07. The average molecular weight is 385 g/mol. The summed E-state index contributed by atoms with van der Waals surface area (Å²) in [5.41, 5.74) is 1.62. The van der Waals surface area contributed by atoms with E-state index in [4.69, 9.17) is 16.4 Å². The van der Waals surface area contributed by atoms with Crippen LogP contribution in [0.1, 0.15) is 32.7 Å². The minimum Gasteiger partial charge on any atom is -0.329 e. The predicted octanol–water partition coefficient (Wildman–Crippen LogP) is 2.92. The number of carbonyl (C=O) groups is 3. The largest absolute Gasteiger partial charge is 0.337 e. The third-order valence-corrected chi connectivity index (χ3v) is 5.12.